The number of nitrogens with two attached hydrogens (primary N) is 1. The van der Waals surface area contributed by atoms with Crippen molar-refractivity contribution in [2.75, 3.05) is 20.8 Å². The van der Waals surface area contributed by atoms with Gasteiger partial charge in [-0.05, 0) is 43.3 Å². The Hall–Kier alpha value is -4.64. The molecule has 0 aromatic heterocycles. The van der Waals surface area contributed by atoms with Crippen molar-refractivity contribution in [3.05, 3.63) is 88.8 Å². The van der Waals surface area contributed by atoms with Crippen LogP contribution in [0.5, 0.6) is 28.7 Å². The molecule has 0 saturated carbocycles. The number of nitriles is 1. The van der Waals surface area contributed by atoms with Gasteiger partial charge in [-0.25, -0.2) is 4.79 Å². The number of carbonyl (C=O) groups is 1. The van der Waals surface area contributed by atoms with Crippen molar-refractivity contribution < 1.29 is 28.5 Å². The highest BCUT2D eigenvalue weighted by atomic mass is 16.5. The van der Waals surface area contributed by atoms with Crippen LogP contribution in [0.15, 0.2) is 72.1 Å². The molecule has 8 heteroatoms. The number of nitrogens with zero attached hydrogens (tertiary/aromatic N) is 1. The number of esters is 1. The summed E-state index contributed by atoms with van der Waals surface area (Å²) in [5.41, 5.74) is 8.09. The summed E-state index contributed by atoms with van der Waals surface area (Å²) in [5.74, 6) is 1.18. The topological polar surface area (TPSA) is 113 Å². The first kappa shape index (κ1) is 23.5. The zero-order valence-electron chi connectivity index (χ0n) is 19.5. The summed E-state index contributed by atoms with van der Waals surface area (Å²) in [6.45, 7) is 2.42. The van der Waals surface area contributed by atoms with Gasteiger partial charge in [-0.15, -0.1) is 0 Å². The SMILES string of the molecule is CCOc1ccc(C(=O)Oc2ccc3c(c2)OC(N)=C(C#N)C3c2cccc(OC)c2OC)cc1. The summed E-state index contributed by atoms with van der Waals surface area (Å²) < 4.78 is 27.7. The van der Waals surface area contributed by atoms with Crippen molar-refractivity contribution in [2.24, 2.45) is 5.73 Å². The second-order valence-electron chi connectivity index (χ2n) is 7.55. The van der Waals surface area contributed by atoms with Gasteiger partial charge in [0, 0.05) is 17.2 Å². The number of rotatable bonds is 7. The second kappa shape index (κ2) is 10.1. The summed E-state index contributed by atoms with van der Waals surface area (Å²) >= 11 is 0. The minimum absolute atomic E-state index is 0.0372. The third-order valence-corrected chi connectivity index (χ3v) is 5.55. The average Bonchev–Trinajstić information content (AvgIpc) is 2.87. The molecule has 0 fully saturated rings. The normalized spacial score (nSPS) is 14.3. The van der Waals surface area contributed by atoms with E-state index >= 15 is 0 Å². The number of fused-ring (bicyclic) bond motifs is 1. The standard InChI is InChI=1S/C27H24N2O6/c1-4-33-17-10-8-16(9-11-17)27(30)34-18-12-13-19-23(14-18)35-26(29)21(15-28)24(19)20-6-5-7-22(31-2)25(20)32-3/h5-14,24H,4,29H2,1-3H3. The zero-order valence-corrected chi connectivity index (χ0v) is 19.5. The number of para-hydroxylation sites is 1. The first-order valence-corrected chi connectivity index (χ1v) is 10.9. The van der Waals surface area contributed by atoms with Gasteiger partial charge in [0.1, 0.15) is 28.9 Å². The lowest BCUT2D eigenvalue weighted by atomic mass is 9.83. The van der Waals surface area contributed by atoms with Crippen molar-refractivity contribution in [1.82, 2.24) is 0 Å². The van der Waals surface area contributed by atoms with Crippen LogP contribution in [0.3, 0.4) is 0 Å². The van der Waals surface area contributed by atoms with E-state index < -0.39 is 11.9 Å². The molecule has 1 heterocycles. The van der Waals surface area contributed by atoms with Gasteiger partial charge < -0.3 is 29.4 Å². The summed E-state index contributed by atoms with van der Waals surface area (Å²) in [6, 6.07) is 19.2. The third kappa shape index (κ3) is 4.57. The molecule has 0 bridgehead atoms. The Labute approximate surface area is 203 Å². The van der Waals surface area contributed by atoms with Crippen LogP contribution in [-0.4, -0.2) is 26.8 Å². The quantitative estimate of drug-likeness (QED) is 0.394. The fourth-order valence-corrected chi connectivity index (χ4v) is 3.98. The van der Waals surface area contributed by atoms with Crippen LogP contribution in [0.1, 0.15) is 34.3 Å². The molecule has 0 spiro atoms. The molecule has 0 aliphatic carbocycles. The molecule has 1 aliphatic heterocycles. The van der Waals surface area contributed by atoms with E-state index in [1.165, 1.54) is 7.11 Å². The fourth-order valence-electron chi connectivity index (χ4n) is 3.98. The molecule has 3 aromatic carbocycles. The van der Waals surface area contributed by atoms with E-state index in [9.17, 15) is 10.1 Å². The van der Waals surface area contributed by atoms with Crippen molar-refractivity contribution in [1.29, 1.82) is 5.26 Å². The molecular formula is C27H24N2O6. The Balaban J connectivity index is 1.68. The minimum atomic E-state index is -0.565. The van der Waals surface area contributed by atoms with E-state index in [0.29, 0.717) is 46.3 Å². The molecule has 4 rings (SSSR count). The summed E-state index contributed by atoms with van der Waals surface area (Å²) in [5, 5.41) is 9.84. The molecule has 35 heavy (non-hydrogen) atoms. The molecule has 178 valence electrons. The molecule has 0 saturated heterocycles. The average molecular weight is 472 g/mol. The van der Waals surface area contributed by atoms with Crippen LogP contribution in [0.4, 0.5) is 0 Å². The summed E-state index contributed by atoms with van der Waals surface area (Å²) in [6.07, 6.45) is 0. The highest BCUT2D eigenvalue weighted by Crippen LogP contribution is 2.47. The number of hydrogen-bond donors (Lipinski definition) is 1. The van der Waals surface area contributed by atoms with Gasteiger partial charge in [0.25, 0.3) is 0 Å². The molecular weight excluding hydrogens is 448 g/mol. The zero-order chi connectivity index (χ0) is 24.9. The highest BCUT2D eigenvalue weighted by Gasteiger charge is 2.33. The van der Waals surface area contributed by atoms with Crippen LogP contribution in [0.25, 0.3) is 0 Å². The Morgan fingerprint density at radius 1 is 1.03 bits per heavy atom. The fraction of sp³-hybridized carbons (Fsp3) is 0.185. The van der Waals surface area contributed by atoms with Crippen LogP contribution < -0.4 is 29.4 Å². The molecule has 2 N–H and O–H groups in total. The molecule has 1 atom stereocenters. The number of ether oxygens (including phenoxy) is 5. The van der Waals surface area contributed by atoms with Gasteiger partial charge in [0.05, 0.1) is 32.3 Å². The second-order valence-corrected chi connectivity index (χ2v) is 7.55. The van der Waals surface area contributed by atoms with Crippen LogP contribution in [-0.2, 0) is 0 Å². The number of methoxy groups -OCH3 is 2. The Bertz CT molecular complexity index is 1320. The van der Waals surface area contributed by atoms with E-state index in [-0.39, 0.29) is 17.2 Å². The predicted molar refractivity (Wildman–Crippen MR) is 128 cm³/mol. The first-order chi connectivity index (χ1) is 17.0. The van der Waals surface area contributed by atoms with Crippen molar-refractivity contribution in [2.45, 2.75) is 12.8 Å². The lowest BCUT2D eigenvalue weighted by molar-refractivity contribution is 0.0734. The molecule has 1 unspecified atom stereocenters. The molecule has 8 nitrogen and oxygen atoms in total. The Morgan fingerprint density at radius 3 is 2.43 bits per heavy atom. The maximum atomic E-state index is 12.6. The molecule has 0 radical (unpaired) electrons. The lowest BCUT2D eigenvalue weighted by Gasteiger charge is -2.28. The van der Waals surface area contributed by atoms with Crippen LogP contribution in [0.2, 0.25) is 0 Å². The van der Waals surface area contributed by atoms with E-state index in [1.54, 1.807) is 55.6 Å². The van der Waals surface area contributed by atoms with E-state index in [0.717, 1.165) is 0 Å². The minimum Gasteiger partial charge on any atom is -0.494 e. The van der Waals surface area contributed by atoms with Gasteiger partial charge in [-0.2, -0.15) is 5.26 Å². The van der Waals surface area contributed by atoms with E-state index in [4.69, 9.17) is 29.4 Å². The van der Waals surface area contributed by atoms with Gasteiger partial charge in [-0.3, -0.25) is 0 Å². The lowest BCUT2D eigenvalue weighted by Crippen LogP contribution is -2.21. The predicted octanol–water partition coefficient (Wildman–Crippen LogP) is 4.54. The summed E-state index contributed by atoms with van der Waals surface area (Å²) in [4.78, 5) is 12.6. The molecule has 0 amide bonds. The van der Waals surface area contributed by atoms with Crippen molar-refractivity contribution in [3.63, 3.8) is 0 Å². The van der Waals surface area contributed by atoms with Gasteiger partial charge in [0.15, 0.2) is 11.5 Å². The Morgan fingerprint density at radius 2 is 1.77 bits per heavy atom. The monoisotopic (exact) mass is 472 g/mol. The Kier molecular flexibility index (Phi) is 6.78. The number of allylic oxidation sites excluding steroid dienone is 1. The van der Waals surface area contributed by atoms with Gasteiger partial charge in [-0.1, -0.05) is 18.2 Å². The maximum absolute atomic E-state index is 12.6. The third-order valence-electron chi connectivity index (χ3n) is 5.55. The molecule has 1 aliphatic rings. The van der Waals surface area contributed by atoms with Crippen LogP contribution in [0, 0.1) is 11.3 Å². The summed E-state index contributed by atoms with van der Waals surface area (Å²) in [7, 11) is 3.07. The molecule has 3 aromatic rings. The number of benzene rings is 3. The van der Waals surface area contributed by atoms with E-state index in [1.807, 2.05) is 19.1 Å². The largest absolute Gasteiger partial charge is 0.494 e. The highest BCUT2D eigenvalue weighted by molar-refractivity contribution is 5.91. The van der Waals surface area contributed by atoms with E-state index in [2.05, 4.69) is 6.07 Å². The van der Waals surface area contributed by atoms with Gasteiger partial charge >= 0.3 is 5.97 Å². The van der Waals surface area contributed by atoms with Crippen LogP contribution >= 0.6 is 0 Å². The number of hydrogen-bond acceptors (Lipinski definition) is 8. The van der Waals surface area contributed by atoms with Gasteiger partial charge in [0.2, 0.25) is 5.88 Å². The number of carbonyl (C=O) groups excluding carboxylic acids is 1. The van der Waals surface area contributed by atoms with Crippen molar-refractivity contribution >= 4 is 5.97 Å². The van der Waals surface area contributed by atoms with Crippen molar-refractivity contribution in [3.8, 4) is 34.8 Å². The smallest absolute Gasteiger partial charge is 0.343 e. The first-order valence-electron chi connectivity index (χ1n) is 10.9. The maximum Gasteiger partial charge on any atom is 0.343 e.